The fourth-order valence-electron chi connectivity index (χ4n) is 1.55. The van der Waals surface area contributed by atoms with Crippen molar-refractivity contribution in [2.75, 3.05) is 7.11 Å². The fraction of sp³-hybridized carbons (Fsp3) is 0.143. The standard InChI is InChI=1S/C14H12ClNO3/c1-18-14-4-2-3-12(16-14)9-19-13-6-5-11(15)7-10(13)8-17/h2-8H,9H2,1H3. The molecule has 0 fully saturated rings. The molecule has 0 aliphatic rings. The van der Waals surface area contributed by atoms with Crippen molar-refractivity contribution < 1.29 is 14.3 Å². The Morgan fingerprint density at radius 3 is 2.89 bits per heavy atom. The quantitative estimate of drug-likeness (QED) is 0.788. The number of pyridine rings is 1. The summed E-state index contributed by atoms with van der Waals surface area (Å²) in [6.45, 7) is 0.250. The molecule has 0 saturated heterocycles. The van der Waals surface area contributed by atoms with E-state index in [4.69, 9.17) is 21.1 Å². The first-order valence-electron chi connectivity index (χ1n) is 5.60. The lowest BCUT2D eigenvalue weighted by Gasteiger charge is -2.09. The Balaban J connectivity index is 2.11. The van der Waals surface area contributed by atoms with E-state index in [0.29, 0.717) is 34.2 Å². The Morgan fingerprint density at radius 1 is 1.32 bits per heavy atom. The highest BCUT2D eigenvalue weighted by molar-refractivity contribution is 6.30. The van der Waals surface area contributed by atoms with Gasteiger partial charge in [0, 0.05) is 11.1 Å². The van der Waals surface area contributed by atoms with E-state index in [-0.39, 0.29) is 6.61 Å². The summed E-state index contributed by atoms with van der Waals surface area (Å²) in [6.07, 6.45) is 0.709. The first-order chi connectivity index (χ1) is 9.22. The number of nitrogens with zero attached hydrogens (tertiary/aromatic N) is 1. The van der Waals surface area contributed by atoms with Gasteiger partial charge in [-0.1, -0.05) is 17.7 Å². The molecule has 0 aliphatic carbocycles. The number of ether oxygens (including phenoxy) is 2. The average molecular weight is 278 g/mol. The van der Waals surface area contributed by atoms with Gasteiger partial charge in [-0.25, -0.2) is 4.98 Å². The SMILES string of the molecule is COc1cccc(COc2ccc(Cl)cc2C=O)n1. The molecular formula is C14H12ClNO3. The normalized spacial score (nSPS) is 10.0. The molecule has 98 valence electrons. The predicted molar refractivity (Wildman–Crippen MR) is 72.0 cm³/mol. The largest absolute Gasteiger partial charge is 0.487 e. The van der Waals surface area contributed by atoms with Gasteiger partial charge in [-0.15, -0.1) is 0 Å². The lowest BCUT2D eigenvalue weighted by Crippen LogP contribution is -2.01. The minimum Gasteiger partial charge on any atom is -0.487 e. The highest BCUT2D eigenvalue weighted by Gasteiger charge is 2.05. The summed E-state index contributed by atoms with van der Waals surface area (Å²) in [4.78, 5) is 15.1. The summed E-state index contributed by atoms with van der Waals surface area (Å²) in [5.41, 5.74) is 1.13. The first kappa shape index (κ1) is 13.4. The van der Waals surface area contributed by atoms with Gasteiger partial charge in [0.25, 0.3) is 0 Å². The van der Waals surface area contributed by atoms with Gasteiger partial charge in [-0.3, -0.25) is 4.79 Å². The van der Waals surface area contributed by atoms with E-state index in [2.05, 4.69) is 4.98 Å². The zero-order chi connectivity index (χ0) is 13.7. The molecule has 0 radical (unpaired) electrons. The minimum absolute atomic E-state index is 0.250. The van der Waals surface area contributed by atoms with Crippen LogP contribution in [-0.4, -0.2) is 18.4 Å². The maximum Gasteiger partial charge on any atom is 0.213 e. The number of carbonyl (C=O) groups excluding carboxylic acids is 1. The van der Waals surface area contributed by atoms with Crippen molar-refractivity contribution in [1.82, 2.24) is 4.98 Å². The maximum absolute atomic E-state index is 10.9. The molecular weight excluding hydrogens is 266 g/mol. The van der Waals surface area contributed by atoms with E-state index in [0.717, 1.165) is 0 Å². The number of benzene rings is 1. The Hall–Kier alpha value is -2.07. The number of carbonyl (C=O) groups is 1. The molecule has 0 unspecified atom stereocenters. The molecule has 0 atom stereocenters. The second-order valence-electron chi connectivity index (χ2n) is 3.76. The van der Waals surface area contributed by atoms with Crippen molar-refractivity contribution in [1.29, 1.82) is 0 Å². The second kappa shape index (κ2) is 6.20. The van der Waals surface area contributed by atoms with Crippen LogP contribution in [0.25, 0.3) is 0 Å². The van der Waals surface area contributed by atoms with Crippen molar-refractivity contribution in [3.05, 3.63) is 52.7 Å². The van der Waals surface area contributed by atoms with Gasteiger partial charge < -0.3 is 9.47 Å². The monoisotopic (exact) mass is 277 g/mol. The number of aldehydes is 1. The maximum atomic E-state index is 10.9. The number of rotatable bonds is 5. The Bertz CT molecular complexity index is 587. The summed E-state index contributed by atoms with van der Waals surface area (Å²) < 4.78 is 10.6. The lowest BCUT2D eigenvalue weighted by atomic mass is 10.2. The van der Waals surface area contributed by atoms with Crippen LogP contribution in [0.2, 0.25) is 5.02 Å². The van der Waals surface area contributed by atoms with Crippen molar-refractivity contribution in [3.63, 3.8) is 0 Å². The van der Waals surface area contributed by atoms with Crippen molar-refractivity contribution in [2.24, 2.45) is 0 Å². The summed E-state index contributed by atoms with van der Waals surface area (Å²) in [5.74, 6) is 0.997. The minimum atomic E-state index is 0.250. The number of hydrogen-bond donors (Lipinski definition) is 0. The van der Waals surface area contributed by atoms with Gasteiger partial charge >= 0.3 is 0 Å². The van der Waals surface area contributed by atoms with Gasteiger partial charge in [0.1, 0.15) is 12.4 Å². The lowest BCUT2D eigenvalue weighted by molar-refractivity contribution is 0.111. The highest BCUT2D eigenvalue weighted by atomic mass is 35.5. The predicted octanol–water partition coefficient (Wildman–Crippen LogP) is 3.14. The fourth-order valence-corrected chi connectivity index (χ4v) is 1.73. The number of halogens is 1. The molecule has 0 aliphatic heterocycles. The van der Waals surface area contributed by atoms with E-state index in [1.807, 2.05) is 12.1 Å². The summed E-state index contributed by atoms with van der Waals surface area (Å²) >= 11 is 5.81. The highest BCUT2D eigenvalue weighted by Crippen LogP contribution is 2.22. The molecule has 0 spiro atoms. The molecule has 5 heteroatoms. The second-order valence-corrected chi connectivity index (χ2v) is 4.20. The van der Waals surface area contributed by atoms with Gasteiger partial charge in [0.05, 0.1) is 18.4 Å². The molecule has 0 amide bonds. The van der Waals surface area contributed by atoms with E-state index in [1.165, 1.54) is 0 Å². The third kappa shape index (κ3) is 3.45. The molecule has 2 rings (SSSR count). The number of methoxy groups -OCH3 is 1. The van der Waals surface area contributed by atoms with Crippen molar-refractivity contribution in [2.45, 2.75) is 6.61 Å². The Labute approximate surface area is 115 Å². The molecule has 0 N–H and O–H groups in total. The summed E-state index contributed by atoms with van der Waals surface area (Å²) in [6, 6.07) is 10.3. The van der Waals surface area contributed by atoms with Crippen LogP contribution < -0.4 is 9.47 Å². The molecule has 0 bridgehead atoms. The van der Waals surface area contributed by atoms with Gasteiger partial charge in [0.15, 0.2) is 6.29 Å². The summed E-state index contributed by atoms with van der Waals surface area (Å²) in [7, 11) is 1.55. The number of hydrogen-bond acceptors (Lipinski definition) is 4. The van der Waals surface area contributed by atoms with Crippen molar-refractivity contribution in [3.8, 4) is 11.6 Å². The van der Waals surface area contributed by atoms with E-state index in [9.17, 15) is 4.79 Å². The van der Waals surface area contributed by atoms with Crippen LogP contribution >= 0.6 is 11.6 Å². The van der Waals surface area contributed by atoms with Crippen LogP contribution in [0.5, 0.6) is 11.6 Å². The van der Waals surface area contributed by atoms with Crippen LogP contribution in [0.1, 0.15) is 16.1 Å². The van der Waals surface area contributed by atoms with Crippen LogP contribution in [0.15, 0.2) is 36.4 Å². The Kier molecular flexibility index (Phi) is 4.36. The first-order valence-corrected chi connectivity index (χ1v) is 5.98. The molecule has 1 heterocycles. The van der Waals surface area contributed by atoms with E-state index >= 15 is 0 Å². The molecule has 19 heavy (non-hydrogen) atoms. The topological polar surface area (TPSA) is 48.4 Å². The van der Waals surface area contributed by atoms with Crippen LogP contribution in [0, 0.1) is 0 Å². The molecule has 1 aromatic carbocycles. The third-order valence-corrected chi connectivity index (χ3v) is 2.70. The third-order valence-electron chi connectivity index (χ3n) is 2.46. The van der Waals surface area contributed by atoms with Gasteiger partial charge in [-0.05, 0) is 24.3 Å². The van der Waals surface area contributed by atoms with Crippen LogP contribution in [-0.2, 0) is 6.61 Å². The molecule has 4 nitrogen and oxygen atoms in total. The van der Waals surface area contributed by atoms with E-state index in [1.54, 1.807) is 31.4 Å². The molecule has 0 saturated carbocycles. The van der Waals surface area contributed by atoms with E-state index < -0.39 is 0 Å². The van der Waals surface area contributed by atoms with Crippen molar-refractivity contribution >= 4 is 17.9 Å². The van der Waals surface area contributed by atoms with Gasteiger partial charge in [-0.2, -0.15) is 0 Å². The molecule has 1 aromatic heterocycles. The van der Waals surface area contributed by atoms with Gasteiger partial charge in [0.2, 0.25) is 5.88 Å². The van der Waals surface area contributed by atoms with Crippen LogP contribution in [0.4, 0.5) is 0 Å². The van der Waals surface area contributed by atoms with Crippen LogP contribution in [0.3, 0.4) is 0 Å². The molecule has 2 aromatic rings. The smallest absolute Gasteiger partial charge is 0.213 e. The Morgan fingerprint density at radius 2 is 2.16 bits per heavy atom. The number of aromatic nitrogens is 1. The average Bonchev–Trinajstić information content (AvgIpc) is 2.46. The summed E-state index contributed by atoms with van der Waals surface area (Å²) in [5, 5.41) is 0.494. The zero-order valence-electron chi connectivity index (χ0n) is 10.3. The zero-order valence-corrected chi connectivity index (χ0v) is 11.1.